The third-order valence-electron chi connectivity index (χ3n) is 4.02. The number of nitrogens with zero attached hydrogens (tertiary/aromatic N) is 2. The molecule has 1 aromatic rings. The van der Waals surface area contributed by atoms with Crippen LogP contribution in [0.4, 0.5) is 18.9 Å². The van der Waals surface area contributed by atoms with Crippen LogP contribution in [-0.2, 0) is 10.0 Å². The van der Waals surface area contributed by atoms with Gasteiger partial charge in [-0.1, -0.05) is 20.8 Å². The third-order valence-corrected chi connectivity index (χ3v) is 5.58. The molecule has 0 saturated heterocycles. The minimum Gasteiger partial charge on any atom is -0.366 e. The number of primary amides is 1. The quantitative estimate of drug-likeness (QED) is 0.608. The molecule has 0 fully saturated rings. The number of carbonyl (C=O) groups is 2. The number of benzene rings is 1. The Morgan fingerprint density at radius 1 is 0.931 bits per heavy atom. The number of alkyl halides is 3. The van der Waals surface area contributed by atoms with Crippen LogP contribution >= 0.6 is 0 Å². The maximum absolute atomic E-state index is 13.1. The van der Waals surface area contributed by atoms with Gasteiger partial charge in [0.1, 0.15) is 0 Å². The monoisotopic (exact) mass is 437 g/mol. The van der Waals surface area contributed by atoms with E-state index in [9.17, 15) is 31.2 Å². The fraction of sp³-hybridized carbons (Fsp3) is 0.556. The van der Waals surface area contributed by atoms with Gasteiger partial charge in [-0.3, -0.25) is 13.9 Å². The molecule has 2 amide bonds. The first-order chi connectivity index (χ1) is 13.4. The average molecular weight is 437 g/mol. The Hall–Kier alpha value is -2.30. The van der Waals surface area contributed by atoms with Crippen LogP contribution in [-0.4, -0.2) is 50.3 Å². The lowest BCUT2D eigenvalue weighted by Crippen LogP contribution is -2.41. The maximum Gasteiger partial charge on any atom is 0.516 e. The van der Waals surface area contributed by atoms with Crippen molar-refractivity contribution in [3.05, 3.63) is 29.3 Å². The first kappa shape index (κ1) is 24.7. The van der Waals surface area contributed by atoms with E-state index in [1.807, 2.05) is 13.8 Å². The van der Waals surface area contributed by atoms with Gasteiger partial charge >= 0.3 is 15.5 Å². The molecular weight excluding hydrogens is 411 g/mol. The molecule has 1 aromatic carbocycles. The molecule has 164 valence electrons. The zero-order chi connectivity index (χ0) is 22.4. The largest absolute Gasteiger partial charge is 0.516 e. The zero-order valence-electron chi connectivity index (χ0n) is 16.6. The van der Waals surface area contributed by atoms with Gasteiger partial charge in [0.05, 0.1) is 5.69 Å². The number of anilines is 1. The molecule has 0 spiro atoms. The van der Waals surface area contributed by atoms with Crippen LogP contribution < -0.4 is 10.0 Å². The van der Waals surface area contributed by atoms with Crippen LogP contribution in [0.1, 0.15) is 60.7 Å². The molecule has 0 saturated carbocycles. The Labute approximate surface area is 168 Å². The van der Waals surface area contributed by atoms with Crippen LogP contribution in [0.3, 0.4) is 0 Å². The molecule has 2 N–H and O–H groups in total. The van der Waals surface area contributed by atoms with Gasteiger partial charge in [0.25, 0.3) is 5.91 Å². The molecule has 7 nitrogen and oxygen atoms in total. The summed E-state index contributed by atoms with van der Waals surface area (Å²) in [6, 6.07) is 3.16. The highest BCUT2D eigenvalue weighted by Crippen LogP contribution is 2.32. The second kappa shape index (κ2) is 9.95. The van der Waals surface area contributed by atoms with E-state index in [2.05, 4.69) is 0 Å². The molecule has 0 aromatic heterocycles. The highest BCUT2D eigenvalue weighted by atomic mass is 32.2. The summed E-state index contributed by atoms with van der Waals surface area (Å²) in [6.07, 6.45) is 1.38. The summed E-state index contributed by atoms with van der Waals surface area (Å²) >= 11 is 0. The standard InChI is InChI=1S/C18H26F3N3O4S/c1-4-7-23(8-5-2)17(26)14-10-13(16(22)25)11-15(12-14)24(9-6-3)29(27,28)18(19,20)21/h10-12H,4-9H2,1-3H3,(H2,22,25). The first-order valence-electron chi connectivity index (χ1n) is 9.23. The number of amides is 2. The van der Waals surface area contributed by atoms with Gasteiger partial charge in [0.15, 0.2) is 0 Å². The van der Waals surface area contributed by atoms with E-state index >= 15 is 0 Å². The van der Waals surface area contributed by atoms with Gasteiger partial charge < -0.3 is 10.6 Å². The fourth-order valence-corrected chi connectivity index (χ4v) is 3.83. The Morgan fingerprint density at radius 3 is 1.83 bits per heavy atom. The van der Waals surface area contributed by atoms with Crippen LogP contribution in [0.25, 0.3) is 0 Å². The highest BCUT2D eigenvalue weighted by molar-refractivity contribution is 7.93. The molecule has 11 heteroatoms. The van der Waals surface area contributed by atoms with Crippen molar-refractivity contribution in [1.29, 1.82) is 0 Å². The second-order valence-electron chi connectivity index (χ2n) is 6.45. The van der Waals surface area contributed by atoms with E-state index in [1.165, 1.54) is 11.8 Å². The number of nitrogens with two attached hydrogens (primary N) is 1. The Bertz CT molecular complexity index is 835. The number of carbonyl (C=O) groups excluding carboxylic acids is 2. The van der Waals surface area contributed by atoms with Crippen molar-refractivity contribution in [2.45, 2.75) is 45.5 Å². The number of sulfonamides is 1. The molecule has 0 unspecified atom stereocenters. The van der Waals surface area contributed by atoms with Gasteiger partial charge in [-0.25, -0.2) is 0 Å². The SMILES string of the molecule is CCCN(CCC)C(=O)c1cc(C(N)=O)cc(N(CCC)S(=O)(=O)C(F)(F)F)c1. The van der Waals surface area contributed by atoms with Crippen molar-refractivity contribution < 1.29 is 31.2 Å². The van der Waals surface area contributed by atoms with Crippen molar-refractivity contribution >= 4 is 27.5 Å². The number of hydrogen-bond donors (Lipinski definition) is 1. The number of rotatable bonds is 10. The van der Waals surface area contributed by atoms with E-state index in [1.54, 1.807) is 0 Å². The summed E-state index contributed by atoms with van der Waals surface area (Å²) in [5, 5.41) is 0. The first-order valence-corrected chi connectivity index (χ1v) is 10.7. The minimum absolute atomic E-state index is 0.0805. The lowest BCUT2D eigenvalue weighted by Gasteiger charge is -2.27. The molecule has 29 heavy (non-hydrogen) atoms. The summed E-state index contributed by atoms with van der Waals surface area (Å²) in [5.41, 5.74) is -1.06. The minimum atomic E-state index is -5.72. The molecule has 0 heterocycles. The normalized spacial score (nSPS) is 11.9. The van der Waals surface area contributed by atoms with E-state index in [0.717, 1.165) is 18.2 Å². The highest BCUT2D eigenvalue weighted by Gasteiger charge is 2.50. The molecule has 0 aliphatic rings. The van der Waals surface area contributed by atoms with Crippen molar-refractivity contribution in [2.75, 3.05) is 23.9 Å². The Balaban J connectivity index is 3.62. The Morgan fingerprint density at radius 2 is 1.41 bits per heavy atom. The van der Waals surface area contributed by atoms with E-state index in [-0.39, 0.29) is 21.9 Å². The average Bonchev–Trinajstić information content (AvgIpc) is 2.63. The molecule has 1 rings (SSSR count). The molecule has 0 radical (unpaired) electrons. The summed E-state index contributed by atoms with van der Waals surface area (Å²) in [7, 11) is -5.72. The zero-order valence-corrected chi connectivity index (χ0v) is 17.4. The predicted octanol–water partition coefficient (Wildman–Crippen LogP) is 3.11. The smallest absolute Gasteiger partial charge is 0.366 e. The van der Waals surface area contributed by atoms with Gasteiger partial charge in [0, 0.05) is 30.8 Å². The van der Waals surface area contributed by atoms with Crippen molar-refractivity contribution in [3.8, 4) is 0 Å². The molecule has 0 atom stereocenters. The van der Waals surface area contributed by atoms with Crippen molar-refractivity contribution in [2.24, 2.45) is 5.73 Å². The summed E-state index contributed by atoms with van der Waals surface area (Å²) in [6.45, 7) is 5.56. The summed E-state index contributed by atoms with van der Waals surface area (Å²) in [4.78, 5) is 26.0. The summed E-state index contributed by atoms with van der Waals surface area (Å²) in [5.74, 6) is -1.50. The van der Waals surface area contributed by atoms with Gasteiger partial charge in [0.2, 0.25) is 5.91 Å². The number of halogens is 3. The van der Waals surface area contributed by atoms with Gasteiger partial charge in [-0.15, -0.1) is 0 Å². The van der Waals surface area contributed by atoms with Crippen LogP contribution in [0.15, 0.2) is 18.2 Å². The third kappa shape index (κ3) is 5.84. The number of hydrogen-bond acceptors (Lipinski definition) is 4. The van der Waals surface area contributed by atoms with Crippen molar-refractivity contribution in [3.63, 3.8) is 0 Å². The van der Waals surface area contributed by atoms with Gasteiger partial charge in [-0.05, 0) is 37.5 Å². The second-order valence-corrected chi connectivity index (χ2v) is 8.30. The summed E-state index contributed by atoms with van der Waals surface area (Å²) < 4.78 is 63.6. The van der Waals surface area contributed by atoms with Crippen LogP contribution in [0, 0.1) is 0 Å². The topological polar surface area (TPSA) is 101 Å². The van der Waals surface area contributed by atoms with Gasteiger partial charge in [-0.2, -0.15) is 21.6 Å². The predicted molar refractivity (Wildman–Crippen MR) is 104 cm³/mol. The van der Waals surface area contributed by atoms with Crippen molar-refractivity contribution in [1.82, 2.24) is 4.90 Å². The Kier molecular flexibility index (Phi) is 8.49. The lowest BCUT2D eigenvalue weighted by molar-refractivity contribution is -0.0438. The van der Waals surface area contributed by atoms with Crippen LogP contribution in [0.5, 0.6) is 0 Å². The lowest BCUT2D eigenvalue weighted by atomic mass is 10.1. The van der Waals surface area contributed by atoms with E-state index < -0.39 is 39.6 Å². The molecular formula is C18H26F3N3O4S. The van der Waals surface area contributed by atoms with E-state index in [0.29, 0.717) is 25.9 Å². The molecule has 0 aliphatic heterocycles. The molecule has 0 bridgehead atoms. The van der Waals surface area contributed by atoms with E-state index in [4.69, 9.17) is 5.73 Å². The maximum atomic E-state index is 13.1. The fourth-order valence-electron chi connectivity index (χ4n) is 2.77. The van der Waals surface area contributed by atoms with Crippen LogP contribution in [0.2, 0.25) is 0 Å². The molecule has 0 aliphatic carbocycles.